The molecule has 2 spiro atoms. The summed E-state index contributed by atoms with van der Waals surface area (Å²) < 4.78 is 5.35. The molecule has 2 heterocycles. The summed E-state index contributed by atoms with van der Waals surface area (Å²) in [6, 6.07) is 17.7. The Morgan fingerprint density at radius 2 is 1.55 bits per heavy atom. The van der Waals surface area contributed by atoms with Crippen molar-refractivity contribution < 1.29 is 14.3 Å². The Hall–Kier alpha value is -2.82. The van der Waals surface area contributed by atoms with Crippen molar-refractivity contribution in [3.05, 3.63) is 65.7 Å². The smallest absolute Gasteiger partial charge is 0.244 e. The summed E-state index contributed by atoms with van der Waals surface area (Å²) in [6.45, 7) is 0.519. The fourth-order valence-corrected chi connectivity index (χ4v) is 6.36. The van der Waals surface area contributed by atoms with Gasteiger partial charge >= 0.3 is 0 Å². The van der Waals surface area contributed by atoms with Gasteiger partial charge in [-0.1, -0.05) is 68.1 Å². The number of ether oxygens (including phenoxy) is 1. The molecule has 2 atom stereocenters. The lowest BCUT2D eigenvalue weighted by Gasteiger charge is -2.72. The maximum absolute atomic E-state index is 13.9. The molecule has 0 N–H and O–H groups in total. The number of fused-ring (bicyclic) bond motifs is 1. The third-order valence-corrected chi connectivity index (χ3v) is 7.90. The minimum Gasteiger partial charge on any atom is -0.497 e. The summed E-state index contributed by atoms with van der Waals surface area (Å²) in [5.74, 6) is 0.769. The monoisotopic (exact) mass is 418 g/mol. The zero-order valence-electron chi connectivity index (χ0n) is 18.3. The molecule has 1 aliphatic carbocycles. The first-order chi connectivity index (χ1) is 15.1. The number of hydrogen-bond donors (Lipinski definition) is 0. The minimum absolute atomic E-state index is 0.00201. The summed E-state index contributed by atoms with van der Waals surface area (Å²) in [5, 5.41) is 0. The van der Waals surface area contributed by atoms with Gasteiger partial charge in [0.05, 0.1) is 18.7 Å². The van der Waals surface area contributed by atoms with Crippen LogP contribution in [0.25, 0.3) is 0 Å². The van der Waals surface area contributed by atoms with E-state index in [0.29, 0.717) is 6.54 Å². The Kier molecular flexibility index (Phi) is 4.80. The van der Waals surface area contributed by atoms with Crippen LogP contribution in [-0.4, -0.2) is 41.3 Å². The maximum atomic E-state index is 13.9. The van der Waals surface area contributed by atoms with Crippen molar-refractivity contribution in [2.24, 2.45) is 5.41 Å². The number of β-lactam (4-membered cyclic amide) rings is 2. The first-order valence-electron chi connectivity index (χ1n) is 11.3. The zero-order valence-corrected chi connectivity index (χ0v) is 18.3. The second-order valence-corrected chi connectivity index (χ2v) is 9.21. The number of benzene rings is 2. The van der Waals surface area contributed by atoms with E-state index in [1.807, 2.05) is 71.4 Å². The summed E-state index contributed by atoms with van der Waals surface area (Å²) in [5.41, 5.74) is 0.769. The number of methoxy groups -OCH3 is 1. The van der Waals surface area contributed by atoms with Crippen LogP contribution in [0, 0.1) is 5.41 Å². The van der Waals surface area contributed by atoms with E-state index in [1.54, 1.807) is 7.11 Å². The number of hydrogen-bond acceptors (Lipinski definition) is 3. The first-order valence-corrected chi connectivity index (χ1v) is 11.3. The Balaban J connectivity index is 1.59. The van der Waals surface area contributed by atoms with Crippen molar-refractivity contribution in [3.63, 3.8) is 0 Å². The molecule has 2 aliphatic heterocycles. The Morgan fingerprint density at radius 1 is 0.903 bits per heavy atom. The molecule has 0 aromatic heterocycles. The van der Waals surface area contributed by atoms with Crippen LogP contribution in [0.4, 0.5) is 0 Å². The van der Waals surface area contributed by atoms with Crippen LogP contribution in [-0.2, 0) is 16.1 Å². The minimum atomic E-state index is -0.963. The number of carbonyl (C=O) groups is 2. The summed E-state index contributed by atoms with van der Waals surface area (Å²) >= 11 is 0. The molecule has 0 unspecified atom stereocenters. The van der Waals surface area contributed by atoms with E-state index in [1.165, 1.54) is 12.8 Å². The molecule has 5 rings (SSSR count). The largest absolute Gasteiger partial charge is 0.497 e. The van der Waals surface area contributed by atoms with Crippen molar-refractivity contribution in [1.29, 1.82) is 0 Å². The lowest BCUT2D eigenvalue weighted by molar-refractivity contribution is -0.239. The van der Waals surface area contributed by atoms with Gasteiger partial charge in [0, 0.05) is 13.6 Å². The Labute approximate surface area is 184 Å². The van der Waals surface area contributed by atoms with Crippen LogP contribution >= 0.6 is 0 Å². The van der Waals surface area contributed by atoms with Gasteiger partial charge in [0.2, 0.25) is 11.8 Å². The molecule has 162 valence electrons. The van der Waals surface area contributed by atoms with Crippen LogP contribution in [0.5, 0.6) is 5.75 Å². The van der Waals surface area contributed by atoms with Gasteiger partial charge in [-0.25, -0.2) is 0 Å². The van der Waals surface area contributed by atoms with Gasteiger partial charge < -0.3 is 14.5 Å². The molecule has 3 fully saturated rings. The van der Waals surface area contributed by atoms with E-state index in [2.05, 4.69) is 0 Å². The fourth-order valence-electron chi connectivity index (χ4n) is 6.36. The molecule has 1 saturated carbocycles. The van der Waals surface area contributed by atoms with Gasteiger partial charge in [0.25, 0.3) is 0 Å². The highest BCUT2D eigenvalue weighted by atomic mass is 16.5. The molecular weight excluding hydrogens is 388 g/mol. The highest BCUT2D eigenvalue weighted by molar-refractivity contribution is 6.16. The van der Waals surface area contributed by atoms with Crippen molar-refractivity contribution >= 4 is 11.8 Å². The maximum Gasteiger partial charge on any atom is 0.244 e. The van der Waals surface area contributed by atoms with Crippen LogP contribution < -0.4 is 4.74 Å². The average Bonchev–Trinajstić information content (AvgIpc) is 3.09. The molecule has 2 saturated heterocycles. The highest BCUT2D eigenvalue weighted by Gasteiger charge is 2.83. The average molecular weight is 419 g/mol. The molecule has 2 amide bonds. The molecule has 2 aromatic carbocycles. The van der Waals surface area contributed by atoms with E-state index < -0.39 is 5.41 Å². The molecular formula is C26H30N2O3. The number of amides is 2. The number of nitrogens with zero attached hydrogens (tertiary/aromatic N) is 2. The van der Waals surface area contributed by atoms with Gasteiger partial charge in [0.1, 0.15) is 5.75 Å². The number of carbonyl (C=O) groups excluding carboxylic acids is 2. The van der Waals surface area contributed by atoms with Gasteiger partial charge in [-0.15, -0.1) is 0 Å². The van der Waals surface area contributed by atoms with E-state index >= 15 is 0 Å². The van der Waals surface area contributed by atoms with Crippen molar-refractivity contribution in [1.82, 2.24) is 9.80 Å². The quantitative estimate of drug-likeness (QED) is 0.549. The van der Waals surface area contributed by atoms with Gasteiger partial charge in [-0.2, -0.15) is 0 Å². The van der Waals surface area contributed by atoms with Crippen molar-refractivity contribution in [2.45, 2.75) is 56.7 Å². The first kappa shape index (κ1) is 20.1. The molecule has 5 heteroatoms. The molecule has 5 nitrogen and oxygen atoms in total. The van der Waals surface area contributed by atoms with Gasteiger partial charge in [-0.05, 0) is 36.1 Å². The lowest BCUT2D eigenvalue weighted by atomic mass is 9.47. The molecule has 3 aliphatic rings. The van der Waals surface area contributed by atoms with Crippen LogP contribution in [0.2, 0.25) is 0 Å². The predicted octanol–water partition coefficient (Wildman–Crippen LogP) is 4.33. The third kappa shape index (κ3) is 2.61. The normalized spacial score (nSPS) is 27.1. The standard InChI is InChI=1S/C26H30N2O3/c1-27-23(29)26(25(27)16-8-3-4-9-17-25)22(20-12-14-21(31-2)15-13-20)28(24(26)30)18-19-10-6-5-7-11-19/h5-7,10-15,22H,3-4,8-9,16-18H2,1-2H3/t22-,26+/m0/s1. The van der Waals surface area contributed by atoms with E-state index in [-0.39, 0.29) is 23.4 Å². The van der Waals surface area contributed by atoms with Gasteiger partial charge in [0.15, 0.2) is 5.41 Å². The predicted molar refractivity (Wildman–Crippen MR) is 118 cm³/mol. The number of likely N-dealkylation sites (tertiary alicyclic amines) is 2. The zero-order chi connectivity index (χ0) is 21.6. The summed E-state index contributed by atoms with van der Waals surface area (Å²) in [4.78, 5) is 31.2. The summed E-state index contributed by atoms with van der Waals surface area (Å²) in [7, 11) is 3.55. The van der Waals surface area contributed by atoms with Crippen LogP contribution in [0.3, 0.4) is 0 Å². The number of rotatable bonds is 4. The van der Waals surface area contributed by atoms with E-state index in [0.717, 1.165) is 42.6 Å². The third-order valence-electron chi connectivity index (χ3n) is 7.90. The van der Waals surface area contributed by atoms with Crippen LogP contribution in [0.15, 0.2) is 54.6 Å². The topological polar surface area (TPSA) is 49.9 Å². The molecule has 2 aromatic rings. The fraction of sp³-hybridized carbons (Fsp3) is 0.462. The molecule has 0 bridgehead atoms. The van der Waals surface area contributed by atoms with E-state index in [4.69, 9.17) is 4.74 Å². The summed E-state index contributed by atoms with van der Waals surface area (Å²) in [6.07, 6.45) is 6.31. The second kappa shape index (κ2) is 7.40. The van der Waals surface area contributed by atoms with Crippen molar-refractivity contribution in [3.8, 4) is 5.75 Å². The van der Waals surface area contributed by atoms with Gasteiger partial charge in [-0.3, -0.25) is 9.59 Å². The van der Waals surface area contributed by atoms with Crippen molar-refractivity contribution in [2.75, 3.05) is 14.2 Å². The molecule has 31 heavy (non-hydrogen) atoms. The van der Waals surface area contributed by atoms with E-state index in [9.17, 15) is 9.59 Å². The Morgan fingerprint density at radius 3 is 2.16 bits per heavy atom. The lowest BCUT2D eigenvalue weighted by Crippen LogP contribution is -2.88. The SMILES string of the molecule is COc1ccc([C@@H]2N(Cc3ccccc3)C(=O)[C@]23C(=O)N(C)C32CCCCCC2)cc1. The van der Waals surface area contributed by atoms with Crippen LogP contribution in [0.1, 0.15) is 55.7 Å². The Bertz CT molecular complexity index is 979. The second-order valence-electron chi connectivity index (χ2n) is 9.21. The molecule has 0 radical (unpaired) electrons. The highest BCUT2D eigenvalue weighted by Crippen LogP contribution is 2.68.